The number of ether oxygens (including phenoxy) is 2. The lowest BCUT2D eigenvalue weighted by atomic mass is 10.3. The van der Waals surface area contributed by atoms with Gasteiger partial charge in [0.25, 0.3) is 0 Å². The van der Waals surface area contributed by atoms with E-state index in [-0.39, 0.29) is 0 Å². The molecule has 0 fully saturated rings. The fourth-order valence-corrected chi connectivity index (χ4v) is 1.91. The number of imidazole rings is 1. The van der Waals surface area contributed by atoms with E-state index in [1.807, 2.05) is 25.1 Å². The average molecular weight is 234 g/mol. The van der Waals surface area contributed by atoms with Gasteiger partial charge in [0.2, 0.25) is 0 Å². The molecular formula is C13H18N2O2. The summed E-state index contributed by atoms with van der Waals surface area (Å²) in [6.45, 7) is 4.79. The Hall–Kier alpha value is -1.39. The summed E-state index contributed by atoms with van der Waals surface area (Å²) in [5.74, 6) is 0.952. The fourth-order valence-electron chi connectivity index (χ4n) is 1.91. The lowest BCUT2D eigenvalue weighted by Gasteiger charge is -2.08. The number of nitrogens with zero attached hydrogens (tertiary/aromatic N) is 2. The largest absolute Gasteiger partial charge is 0.380 e. The van der Waals surface area contributed by atoms with Crippen molar-refractivity contribution in [1.29, 1.82) is 0 Å². The molecule has 0 bridgehead atoms. The maximum Gasteiger partial charge on any atom is 0.136 e. The van der Waals surface area contributed by atoms with E-state index in [9.17, 15) is 0 Å². The molecule has 1 heterocycles. The molecule has 1 aromatic carbocycles. The van der Waals surface area contributed by atoms with Crippen molar-refractivity contribution in [2.24, 2.45) is 0 Å². The van der Waals surface area contributed by atoms with Crippen LogP contribution in [-0.4, -0.2) is 29.9 Å². The summed E-state index contributed by atoms with van der Waals surface area (Å²) in [5.41, 5.74) is 2.15. The van der Waals surface area contributed by atoms with Crippen LogP contribution in [0, 0.1) is 0 Å². The highest BCUT2D eigenvalue weighted by Gasteiger charge is 2.09. The van der Waals surface area contributed by atoms with Crippen LogP contribution in [-0.2, 0) is 22.6 Å². The van der Waals surface area contributed by atoms with Gasteiger partial charge in [0.15, 0.2) is 0 Å². The Morgan fingerprint density at radius 2 is 2.12 bits per heavy atom. The van der Waals surface area contributed by atoms with E-state index in [1.165, 1.54) is 0 Å². The molecule has 0 aliphatic carbocycles. The second-order valence-corrected chi connectivity index (χ2v) is 3.80. The normalized spacial score (nSPS) is 11.2. The molecule has 0 spiro atoms. The number of para-hydroxylation sites is 2. The minimum absolute atomic E-state index is 0.529. The van der Waals surface area contributed by atoms with Gasteiger partial charge in [-0.2, -0.15) is 0 Å². The number of rotatable bonds is 6. The Bertz CT molecular complexity index is 479. The lowest BCUT2D eigenvalue weighted by Crippen LogP contribution is -2.10. The number of hydrogen-bond donors (Lipinski definition) is 0. The van der Waals surface area contributed by atoms with Crippen LogP contribution in [0.2, 0.25) is 0 Å². The second kappa shape index (κ2) is 5.80. The zero-order valence-electron chi connectivity index (χ0n) is 10.3. The molecule has 0 unspecified atom stereocenters. The molecule has 0 atom stereocenters. The minimum atomic E-state index is 0.529. The Morgan fingerprint density at radius 3 is 2.88 bits per heavy atom. The summed E-state index contributed by atoms with van der Waals surface area (Å²) in [4.78, 5) is 4.56. The molecule has 0 aliphatic heterocycles. The van der Waals surface area contributed by atoms with E-state index in [0.717, 1.165) is 30.0 Å². The highest BCUT2D eigenvalue weighted by molar-refractivity contribution is 5.75. The van der Waals surface area contributed by atoms with Crippen LogP contribution in [0.15, 0.2) is 24.3 Å². The van der Waals surface area contributed by atoms with E-state index in [0.29, 0.717) is 13.2 Å². The molecule has 1 aromatic heterocycles. The first-order valence-corrected chi connectivity index (χ1v) is 5.87. The van der Waals surface area contributed by atoms with Crippen LogP contribution in [0.5, 0.6) is 0 Å². The van der Waals surface area contributed by atoms with Crippen molar-refractivity contribution in [1.82, 2.24) is 9.55 Å². The molecule has 0 radical (unpaired) electrons. The SMILES string of the molecule is CCOCCn1c(COC)nc2ccccc21. The maximum absolute atomic E-state index is 5.40. The Labute approximate surface area is 101 Å². The van der Waals surface area contributed by atoms with Gasteiger partial charge >= 0.3 is 0 Å². The van der Waals surface area contributed by atoms with E-state index < -0.39 is 0 Å². The second-order valence-electron chi connectivity index (χ2n) is 3.80. The van der Waals surface area contributed by atoms with Gasteiger partial charge in [-0.3, -0.25) is 0 Å². The molecule has 0 saturated carbocycles. The van der Waals surface area contributed by atoms with Crippen LogP contribution in [0.1, 0.15) is 12.7 Å². The predicted octanol–water partition coefficient (Wildman–Crippen LogP) is 2.22. The van der Waals surface area contributed by atoms with E-state index >= 15 is 0 Å². The summed E-state index contributed by atoms with van der Waals surface area (Å²) in [7, 11) is 1.69. The van der Waals surface area contributed by atoms with Gasteiger partial charge < -0.3 is 14.0 Å². The summed E-state index contributed by atoms with van der Waals surface area (Å²) in [5, 5.41) is 0. The standard InChI is InChI=1S/C13H18N2O2/c1-3-17-9-8-15-12-7-5-4-6-11(12)14-13(15)10-16-2/h4-7H,3,8-10H2,1-2H3. The van der Waals surface area contributed by atoms with E-state index in [2.05, 4.69) is 15.6 Å². The first kappa shape index (κ1) is 12.1. The van der Waals surface area contributed by atoms with Crippen molar-refractivity contribution in [2.45, 2.75) is 20.1 Å². The molecule has 0 aliphatic rings. The third-order valence-electron chi connectivity index (χ3n) is 2.67. The summed E-state index contributed by atoms with van der Waals surface area (Å²) in [6, 6.07) is 8.12. The van der Waals surface area contributed by atoms with Crippen LogP contribution >= 0.6 is 0 Å². The molecule has 92 valence electrons. The van der Waals surface area contributed by atoms with Crippen molar-refractivity contribution >= 4 is 11.0 Å². The Balaban J connectivity index is 2.30. The Kier molecular flexibility index (Phi) is 4.12. The zero-order valence-corrected chi connectivity index (χ0v) is 10.3. The average Bonchev–Trinajstić information content (AvgIpc) is 2.69. The van der Waals surface area contributed by atoms with Gasteiger partial charge in [-0.25, -0.2) is 4.98 Å². The van der Waals surface area contributed by atoms with Gasteiger partial charge in [0, 0.05) is 20.3 Å². The molecule has 0 saturated heterocycles. The first-order chi connectivity index (χ1) is 8.36. The van der Waals surface area contributed by atoms with Crippen molar-refractivity contribution in [3.8, 4) is 0 Å². The highest BCUT2D eigenvalue weighted by atomic mass is 16.5. The number of benzene rings is 1. The number of aromatic nitrogens is 2. The summed E-state index contributed by atoms with van der Waals surface area (Å²) in [6.07, 6.45) is 0. The smallest absolute Gasteiger partial charge is 0.136 e. The van der Waals surface area contributed by atoms with Crippen molar-refractivity contribution < 1.29 is 9.47 Å². The van der Waals surface area contributed by atoms with Crippen molar-refractivity contribution in [3.63, 3.8) is 0 Å². The van der Waals surface area contributed by atoms with Crippen molar-refractivity contribution in [2.75, 3.05) is 20.3 Å². The van der Waals surface area contributed by atoms with Gasteiger partial charge in [0.1, 0.15) is 12.4 Å². The molecule has 17 heavy (non-hydrogen) atoms. The number of methoxy groups -OCH3 is 1. The molecular weight excluding hydrogens is 216 g/mol. The number of hydrogen-bond acceptors (Lipinski definition) is 3. The first-order valence-electron chi connectivity index (χ1n) is 5.87. The maximum atomic E-state index is 5.40. The monoisotopic (exact) mass is 234 g/mol. The molecule has 2 rings (SSSR count). The predicted molar refractivity (Wildman–Crippen MR) is 66.9 cm³/mol. The minimum Gasteiger partial charge on any atom is -0.380 e. The Morgan fingerprint density at radius 1 is 1.29 bits per heavy atom. The van der Waals surface area contributed by atoms with Crippen LogP contribution in [0.3, 0.4) is 0 Å². The molecule has 4 heteroatoms. The number of fused-ring (bicyclic) bond motifs is 1. The van der Waals surface area contributed by atoms with Crippen LogP contribution in [0.4, 0.5) is 0 Å². The molecule has 0 N–H and O–H groups in total. The van der Waals surface area contributed by atoms with Gasteiger partial charge in [-0.05, 0) is 19.1 Å². The van der Waals surface area contributed by atoms with Crippen molar-refractivity contribution in [3.05, 3.63) is 30.1 Å². The summed E-state index contributed by atoms with van der Waals surface area (Å²) < 4.78 is 12.7. The lowest BCUT2D eigenvalue weighted by molar-refractivity contribution is 0.134. The fraction of sp³-hybridized carbons (Fsp3) is 0.462. The molecule has 0 amide bonds. The van der Waals surface area contributed by atoms with E-state index in [1.54, 1.807) is 7.11 Å². The van der Waals surface area contributed by atoms with Gasteiger partial charge in [-0.15, -0.1) is 0 Å². The van der Waals surface area contributed by atoms with Gasteiger partial charge in [-0.1, -0.05) is 12.1 Å². The molecule has 4 nitrogen and oxygen atoms in total. The summed E-state index contributed by atoms with van der Waals surface area (Å²) >= 11 is 0. The van der Waals surface area contributed by atoms with Crippen LogP contribution in [0.25, 0.3) is 11.0 Å². The highest BCUT2D eigenvalue weighted by Crippen LogP contribution is 2.16. The third-order valence-corrected chi connectivity index (χ3v) is 2.67. The van der Waals surface area contributed by atoms with E-state index in [4.69, 9.17) is 9.47 Å². The van der Waals surface area contributed by atoms with Crippen LogP contribution < -0.4 is 0 Å². The van der Waals surface area contributed by atoms with Gasteiger partial charge in [0.05, 0.1) is 17.6 Å². The molecule has 2 aromatic rings. The third kappa shape index (κ3) is 2.65. The topological polar surface area (TPSA) is 36.3 Å². The zero-order chi connectivity index (χ0) is 12.1. The quantitative estimate of drug-likeness (QED) is 0.719.